The molecule has 1 heterocycles. The molecule has 1 aliphatic rings. The Morgan fingerprint density at radius 1 is 1.29 bits per heavy atom. The molecule has 24 heavy (non-hydrogen) atoms. The Kier molecular flexibility index (Phi) is 6.20. The average molecular weight is 335 g/mol. The van der Waals surface area contributed by atoms with Gasteiger partial charge in [-0.2, -0.15) is 0 Å². The Balaban J connectivity index is 2.03. The number of carbonyl (C=O) groups excluding carboxylic acids is 1. The predicted octanol–water partition coefficient (Wildman–Crippen LogP) is 2.33. The highest BCUT2D eigenvalue weighted by molar-refractivity contribution is 5.87. The molecule has 0 aromatic heterocycles. The van der Waals surface area contributed by atoms with Crippen molar-refractivity contribution in [2.75, 3.05) is 20.3 Å². The highest BCUT2D eigenvalue weighted by atomic mass is 16.5. The lowest BCUT2D eigenvalue weighted by atomic mass is 9.88. The molecule has 1 amide bonds. The first-order valence-electron chi connectivity index (χ1n) is 8.27. The second-order valence-electron chi connectivity index (χ2n) is 6.13. The van der Waals surface area contributed by atoms with Crippen LogP contribution in [0.15, 0.2) is 24.3 Å². The zero-order valence-electron chi connectivity index (χ0n) is 14.2. The SMILES string of the molecule is CCC(CC(=O)NC1(C(=O)O)CCOCC1)c1ccc(OC)cc1. The van der Waals surface area contributed by atoms with Gasteiger partial charge in [-0.15, -0.1) is 0 Å². The number of benzene rings is 1. The summed E-state index contributed by atoms with van der Waals surface area (Å²) in [5.41, 5.74) is -0.155. The molecular weight excluding hydrogens is 310 g/mol. The molecule has 1 fully saturated rings. The van der Waals surface area contributed by atoms with Gasteiger partial charge >= 0.3 is 5.97 Å². The van der Waals surface area contributed by atoms with Crippen LogP contribution in [0.4, 0.5) is 0 Å². The molecule has 132 valence electrons. The fraction of sp³-hybridized carbons (Fsp3) is 0.556. The topological polar surface area (TPSA) is 84.9 Å². The van der Waals surface area contributed by atoms with E-state index in [0.29, 0.717) is 26.1 Å². The van der Waals surface area contributed by atoms with Gasteiger partial charge in [0.25, 0.3) is 0 Å². The van der Waals surface area contributed by atoms with Crippen LogP contribution < -0.4 is 10.1 Å². The van der Waals surface area contributed by atoms with Gasteiger partial charge in [0.1, 0.15) is 11.3 Å². The number of carboxylic acids is 1. The van der Waals surface area contributed by atoms with Gasteiger partial charge in [-0.25, -0.2) is 4.79 Å². The van der Waals surface area contributed by atoms with Crippen LogP contribution in [0.25, 0.3) is 0 Å². The van der Waals surface area contributed by atoms with E-state index in [1.807, 2.05) is 31.2 Å². The van der Waals surface area contributed by atoms with E-state index in [-0.39, 0.29) is 18.2 Å². The van der Waals surface area contributed by atoms with E-state index < -0.39 is 11.5 Å². The minimum atomic E-state index is -1.20. The van der Waals surface area contributed by atoms with Crippen molar-refractivity contribution >= 4 is 11.9 Å². The molecule has 1 unspecified atom stereocenters. The van der Waals surface area contributed by atoms with Crippen molar-refractivity contribution in [3.63, 3.8) is 0 Å². The number of rotatable bonds is 7. The van der Waals surface area contributed by atoms with Crippen molar-refractivity contribution in [1.82, 2.24) is 5.32 Å². The molecule has 0 spiro atoms. The molecule has 2 rings (SSSR count). The Morgan fingerprint density at radius 2 is 1.92 bits per heavy atom. The van der Waals surface area contributed by atoms with Crippen molar-refractivity contribution in [3.05, 3.63) is 29.8 Å². The van der Waals surface area contributed by atoms with Crippen LogP contribution in [0.5, 0.6) is 5.75 Å². The van der Waals surface area contributed by atoms with Gasteiger partial charge in [0.2, 0.25) is 5.91 Å². The van der Waals surface area contributed by atoms with Gasteiger partial charge < -0.3 is 19.9 Å². The molecule has 6 nitrogen and oxygen atoms in total. The highest BCUT2D eigenvalue weighted by Gasteiger charge is 2.41. The minimum Gasteiger partial charge on any atom is -0.497 e. The number of carbonyl (C=O) groups is 2. The largest absolute Gasteiger partial charge is 0.497 e. The van der Waals surface area contributed by atoms with Crippen LogP contribution in [0.3, 0.4) is 0 Å². The van der Waals surface area contributed by atoms with Gasteiger partial charge in [0, 0.05) is 32.5 Å². The molecule has 0 saturated carbocycles. The summed E-state index contributed by atoms with van der Waals surface area (Å²) in [6, 6.07) is 7.63. The number of aliphatic carboxylic acids is 1. The zero-order valence-corrected chi connectivity index (χ0v) is 14.2. The summed E-state index contributed by atoms with van der Waals surface area (Å²) < 4.78 is 10.4. The fourth-order valence-electron chi connectivity index (χ4n) is 3.03. The lowest BCUT2D eigenvalue weighted by molar-refractivity contribution is -0.152. The van der Waals surface area contributed by atoms with E-state index in [9.17, 15) is 14.7 Å². The van der Waals surface area contributed by atoms with E-state index in [1.165, 1.54) is 0 Å². The molecule has 1 saturated heterocycles. The lowest BCUT2D eigenvalue weighted by Crippen LogP contribution is -2.57. The standard InChI is InChI=1S/C18H25NO5/c1-3-13(14-4-6-15(23-2)7-5-14)12-16(20)19-18(17(21)22)8-10-24-11-9-18/h4-7,13H,3,8-12H2,1-2H3,(H,19,20)(H,21,22). The van der Waals surface area contributed by atoms with Gasteiger partial charge in [-0.05, 0) is 30.0 Å². The number of carboxylic acid groups (broad SMARTS) is 1. The van der Waals surface area contributed by atoms with E-state index in [1.54, 1.807) is 7.11 Å². The number of methoxy groups -OCH3 is 1. The summed E-state index contributed by atoms with van der Waals surface area (Å²) in [5.74, 6) is -0.412. The van der Waals surface area contributed by atoms with Crippen molar-refractivity contribution < 1.29 is 24.2 Å². The molecule has 2 N–H and O–H groups in total. The molecule has 0 bridgehead atoms. The molecular formula is C18H25NO5. The van der Waals surface area contributed by atoms with E-state index >= 15 is 0 Å². The molecule has 1 aromatic carbocycles. The summed E-state index contributed by atoms with van der Waals surface area (Å²) >= 11 is 0. The Hall–Kier alpha value is -2.08. The number of amides is 1. The summed E-state index contributed by atoms with van der Waals surface area (Å²) in [4.78, 5) is 24.1. The van der Waals surface area contributed by atoms with Gasteiger partial charge in [-0.1, -0.05) is 19.1 Å². The fourth-order valence-corrected chi connectivity index (χ4v) is 3.03. The van der Waals surface area contributed by atoms with Gasteiger partial charge in [-0.3, -0.25) is 4.79 Å². The van der Waals surface area contributed by atoms with Crippen molar-refractivity contribution in [3.8, 4) is 5.75 Å². The van der Waals surface area contributed by atoms with Gasteiger partial charge in [0.15, 0.2) is 0 Å². The molecule has 0 aliphatic carbocycles. The molecule has 0 radical (unpaired) electrons. The third-order valence-electron chi connectivity index (χ3n) is 4.65. The molecule has 1 aliphatic heterocycles. The zero-order chi connectivity index (χ0) is 17.6. The second-order valence-corrected chi connectivity index (χ2v) is 6.13. The number of hydrogen-bond acceptors (Lipinski definition) is 4. The Morgan fingerprint density at radius 3 is 2.42 bits per heavy atom. The summed E-state index contributed by atoms with van der Waals surface area (Å²) in [6.07, 6.45) is 1.66. The van der Waals surface area contributed by atoms with Crippen LogP contribution in [0, 0.1) is 0 Å². The second kappa shape index (κ2) is 8.15. The van der Waals surface area contributed by atoms with E-state index in [2.05, 4.69) is 5.32 Å². The van der Waals surface area contributed by atoms with Crippen molar-refractivity contribution in [1.29, 1.82) is 0 Å². The highest BCUT2D eigenvalue weighted by Crippen LogP contribution is 2.27. The molecule has 1 atom stereocenters. The van der Waals surface area contributed by atoms with E-state index in [0.717, 1.165) is 17.7 Å². The summed E-state index contributed by atoms with van der Waals surface area (Å²) in [6.45, 7) is 2.72. The van der Waals surface area contributed by atoms with Crippen molar-refractivity contribution in [2.45, 2.75) is 44.1 Å². The van der Waals surface area contributed by atoms with Crippen LogP contribution in [-0.2, 0) is 14.3 Å². The quantitative estimate of drug-likeness (QED) is 0.799. The number of hydrogen-bond donors (Lipinski definition) is 2. The van der Waals surface area contributed by atoms with Crippen LogP contribution >= 0.6 is 0 Å². The monoisotopic (exact) mass is 335 g/mol. The maximum absolute atomic E-state index is 12.4. The summed E-state index contributed by atoms with van der Waals surface area (Å²) in [7, 11) is 1.61. The predicted molar refractivity (Wildman–Crippen MR) is 89.2 cm³/mol. The third-order valence-corrected chi connectivity index (χ3v) is 4.65. The first kappa shape index (κ1) is 18.3. The first-order chi connectivity index (χ1) is 11.5. The third kappa shape index (κ3) is 4.26. The van der Waals surface area contributed by atoms with Crippen LogP contribution in [-0.4, -0.2) is 42.8 Å². The maximum atomic E-state index is 12.4. The van der Waals surface area contributed by atoms with E-state index in [4.69, 9.17) is 9.47 Å². The van der Waals surface area contributed by atoms with Crippen molar-refractivity contribution in [2.24, 2.45) is 0 Å². The normalized spacial score (nSPS) is 17.8. The smallest absolute Gasteiger partial charge is 0.329 e. The number of nitrogens with one attached hydrogen (secondary N) is 1. The maximum Gasteiger partial charge on any atom is 0.329 e. The Labute approximate surface area is 142 Å². The molecule has 6 heteroatoms. The van der Waals surface area contributed by atoms with Gasteiger partial charge in [0.05, 0.1) is 7.11 Å². The van der Waals surface area contributed by atoms with Crippen LogP contribution in [0.1, 0.15) is 44.1 Å². The molecule has 1 aromatic rings. The summed E-state index contributed by atoms with van der Waals surface area (Å²) in [5, 5.41) is 12.3. The average Bonchev–Trinajstić information content (AvgIpc) is 2.60. The Bertz CT molecular complexity index is 563. The van der Waals surface area contributed by atoms with Crippen LogP contribution in [0.2, 0.25) is 0 Å². The lowest BCUT2D eigenvalue weighted by Gasteiger charge is -2.34. The first-order valence-corrected chi connectivity index (χ1v) is 8.27. The minimum absolute atomic E-state index is 0.0431. The number of ether oxygens (including phenoxy) is 2.